The van der Waals surface area contributed by atoms with E-state index in [4.69, 9.17) is 32.7 Å². The molecule has 4 N–H and O–H groups in total. The number of hydrogen-bond acceptors (Lipinski definition) is 9. The number of benzene rings is 2. The molecule has 198 valence electrons. The highest BCUT2D eigenvalue weighted by molar-refractivity contribution is 8.00. The van der Waals surface area contributed by atoms with Crippen molar-refractivity contribution < 1.29 is 38.4 Å². The molecule has 0 spiro atoms. The Morgan fingerprint density at radius 2 is 1.86 bits per heavy atom. The average Bonchev–Trinajstić information content (AvgIpc) is 3.40. The second-order valence-corrected chi connectivity index (χ2v) is 10.6. The van der Waals surface area contributed by atoms with Crippen LogP contribution in [0.25, 0.3) is 5.70 Å². The van der Waals surface area contributed by atoms with Gasteiger partial charge in [0, 0.05) is 28.7 Å². The molecule has 0 saturated carbocycles. The number of rotatable bonds is 5. The number of aliphatic hydroxyl groups is 2. The number of ether oxygens (including phenoxy) is 2. The summed E-state index contributed by atoms with van der Waals surface area (Å²) in [7, 11) is 1.62. The van der Waals surface area contributed by atoms with Gasteiger partial charge < -0.3 is 24.8 Å². The second kappa shape index (κ2) is 10.2. The number of thioether (sulfide) groups is 1. The zero-order valence-electron chi connectivity index (χ0n) is 19.0. The smallest absolute Gasteiger partial charge is 0.336 e. The van der Waals surface area contributed by atoms with Gasteiger partial charge in [0.15, 0.2) is 0 Å². The van der Waals surface area contributed by atoms with E-state index in [2.05, 4.69) is 5.43 Å². The van der Waals surface area contributed by atoms with Gasteiger partial charge in [-0.05, 0) is 30.3 Å². The molecule has 0 radical (unpaired) electrons. The quantitative estimate of drug-likeness (QED) is 0.397. The summed E-state index contributed by atoms with van der Waals surface area (Å²) in [4.78, 5) is 12.0. The maximum atomic E-state index is 14.1. The predicted octanol–water partition coefficient (Wildman–Crippen LogP) is 2.94. The summed E-state index contributed by atoms with van der Waals surface area (Å²) in [6, 6.07) is 5.57. The van der Waals surface area contributed by atoms with Crippen molar-refractivity contribution in [1.29, 1.82) is 0 Å². The highest BCUT2D eigenvalue weighted by atomic mass is 35.5. The Balaban J connectivity index is 1.49. The lowest BCUT2D eigenvalue weighted by Crippen LogP contribution is -2.64. The van der Waals surface area contributed by atoms with E-state index in [0.717, 1.165) is 23.9 Å². The van der Waals surface area contributed by atoms with Crippen LogP contribution in [-0.2, 0) is 9.47 Å². The third kappa shape index (κ3) is 4.88. The molecule has 3 aliphatic rings. The lowest BCUT2D eigenvalue weighted by molar-refractivity contribution is -0.195. The monoisotopic (exact) mass is 575 g/mol. The number of halogens is 4. The van der Waals surface area contributed by atoms with Crippen molar-refractivity contribution in [3.05, 3.63) is 69.3 Å². The number of carboxylic acid groups (broad SMARTS) is 1. The van der Waals surface area contributed by atoms with Crippen LogP contribution in [0.2, 0.25) is 10.0 Å². The normalized spacial score (nSPS) is 29.7. The van der Waals surface area contributed by atoms with E-state index in [0.29, 0.717) is 10.7 Å². The number of nitrogens with zero attached hydrogens (tertiary/aromatic N) is 2. The Morgan fingerprint density at radius 3 is 2.54 bits per heavy atom. The maximum Gasteiger partial charge on any atom is 0.336 e. The van der Waals surface area contributed by atoms with Crippen molar-refractivity contribution in [1.82, 2.24) is 15.6 Å². The molecule has 3 heterocycles. The predicted molar refractivity (Wildman–Crippen MR) is 131 cm³/mol. The van der Waals surface area contributed by atoms with Crippen LogP contribution >= 0.6 is 35.0 Å². The number of aliphatic hydroxyl groups excluding tert-OH is 2. The molecule has 2 aromatic rings. The summed E-state index contributed by atoms with van der Waals surface area (Å²) in [6.07, 6.45) is -2.34. The summed E-state index contributed by atoms with van der Waals surface area (Å²) >= 11 is 12.6. The summed E-state index contributed by atoms with van der Waals surface area (Å²) in [5.74, 6) is -3.04. The fourth-order valence-corrected chi connectivity index (χ4v) is 6.14. The molecule has 14 heteroatoms. The number of carboxylic acids is 1. The molecule has 0 aromatic heterocycles. The van der Waals surface area contributed by atoms with Crippen molar-refractivity contribution in [2.75, 3.05) is 13.7 Å². The molecule has 2 fully saturated rings. The molecule has 5 rings (SSSR count). The molecule has 9 nitrogen and oxygen atoms in total. The van der Waals surface area contributed by atoms with Gasteiger partial charge >= 0.3 is 5.97 Å². The Labute approximate surface area is 224 Å². The molecular formula is C23H21Cl2F2N3O6S. The van der Waals surface area contributed by atoms with Crippen LogP contribution in [0.3, 0.4) is 0 Å². The summed E-state index contributed by atoms with van der Waals surface area (Å²) in [5, 5.41) is 34.3. The Bertz CT molecular complexity index is 1250. The molecule has 37 heavy (non-hydrogen) atoms. The first-order valence-electron chi connectivity index (χ1n) is 11.0. The Kier molecular flexibility index (Phi) is 7.29. The Hall–Kier alpha value is -2.16. The highest BCUT2D eigenvalue weighted by Crippen LogP contribution is 2.42. The number of hydrogen-bond donors (Lipinski definition) is 4. The number of fused-ring (bicyclic) bond motifs is 1. The van der Waals surface area contributed by atoms with Crippen molar-refractivity contribution in [2.24, 2.45) is 0 Å². The van der Waals surface area contributed by atoms with Gasteiger partial charge in [0.05, 0.1) is 17.9 Å². The summed E-state index contributed by atoms with van der Waals surface area (Å²) in [6.45, 7) is -0.0390. The third-order valence-corrected chi connectivity index (χ3v) is 8.14. The standard InChI is InChI=1S/C23H21Cl2F2N3O6S/c1-29-28-14(9-4-12(26)17(25)13(27)5-9)7-30(29)18-19(32)23(36-20-15(31)8-35-21(18)20)37-16-6-10(24)2-3-11(16)22(33)34/h2-7,15,18-21,23,28,31-32H,8H2,1H3,(H,33,34)/t15?,18?,19?,20?,21-,23-/m1/s1. The SMILES string of the molecule is CN1NC(c2cc(F)c(Cl)c(F)c2)=CN1C1C(O)[C@@H](Sc2cc(Cl)ccc2C(=O)O)OC2C(O)CO[C@@H]21. The molecule has 2 aromatic carbocycles. The van der Waals surface area contributed by atoms with Gasteiger partial charge in [-0.15, -0.1) is 5.12 Å². The summed E-state index contributed by atoms with van der Waals surface area (Å²) < 4.78 is 39.9. The van der Waals surface area contributed by atoms with Gasteiger partial charge in [-0.2, -0.15) is 0 Å². The van der Waals surface area contributed by atoms with Crippen LogP contribution in [-0.4, -0.2) is 81.0 Å². The zero-order chi connectivity index (χ0) is 26.6. The minimum atomic E-state index is -1.27. The van der Waals surface area contributed by atoms with E-state index in [9.17, 15) is 28.9 Å². The van der Waals surface area contributed by atoms with Gasteiger partial charge in [-0.1, -0.05) is 35.0 Å². The fraction of sp³-hybridized carbons (Fsp3) is 0.348. The van der Waals surface area contributed by atoms with E-state index in [1.807, 2.05) is 0 Å². The van der Waals surface area contributed by atoms with Gasteiger partial charge in [0.2, 0.25) is 0 Å². The van der Waals surface area contributed by atoms with E-state index in [-0.39, 0.29) is 22.6 Å². The van der Waals surface area contributed by atoms with Crippen LogP contribution in [0, 0.1) is 11.6 Å². The van der Waals surface area contributed by atoms with Gasteiger partial charge in [0.1, 0.15) is 52.6 Å². The number of aromatic carboxylic acids is 1. The highest BCUT2D eigenvalue weighted by Gasteiger charge is 2.55. The van der Waals surface area contributed by atoms with Gasteiger partial charge in [0.25, 0.3) is 0 Å². The lowest BCUT2D eigenvalue weighted by Gasteiger charge is -2.46. The lowest BCUT2D eigenvalue weighted by atomic mass is 9.95. The largest absolute Gasteiger partial charge is 0.478 e. The van der Waals surface area contributed by atoms with Crippen molar-refractivity contribution in [3.63, 3.8) is 0 Å². The van der Waals surface area contributed by atoms with Crippen LogP contribution in [0.5, 0.6) is 0 Å². The minimum absolute atomic E-state index is 0.0268. The molecule has 6 atom stereocenters. The first-order chi connectivity index (χ1) is 17.5. The fourth-order valence-electron chi connectivity index (χ4n) is 4.59. The van der Waals surface area contributed by atoms with Crippen molar-refractivity contribution in [2.45, 2.75) is 40.8 Å². The second-order valence-electron chi connectivity index (χ2n) is 8.69. The van der Waals surface area contributed by atoms with E-state index in [1.165, 1.54) is 29.5 Å². The van der Waals surface area contributed by atoms with E-state index in [1.54, 1.807) is 12.1 Å². The number of carbonyl (C=O) groups is 1. The van der Waals surface area contributed by atoms with Crippen LogP contribution in [0.1, 0.15) is 15.9 Å². The van der Waals surface area contributed by atoms with Crippen molar-refractivity contribution >= 4 is 46.6 Å². The topological polar surface area (TPSA) is 115 Å². The van der Waals surface area contributed by atoms with Crippen LogP contribution in [0.15, 0.2) is 41.4 Å². The maximum absolute atomic E-state index is 14.1. The number of nitrogens with one attached hydrogen (secondary N) is 1. The molecule has 2 saturated heterocycles. The zero-order valence-corrected chi connectivity index (χ0v) is 21.3. The number of hydrazine groups is 2. The van der Waals surface area contributed by atoms with E-state index < -0.39 is 58.5 Å². The van der Waals surface area contributed by atoms with Crippen LogP contribution < -0.4 is 5.43 Å². The van der Waals surface area contributed by atoms with E-state index >= 15 is 0 Å². The molecule has 3 aliphatic heterocycles. The summed E-state index contributed by atoms with van der Waals surface area (Å²) in [5.41, 5.74) is 2.42. The Morgan fingerprint density at radius 1 is 1.16 bits per heavy atom. The van der Waals surface area contributed by atoms with Gasteiger partial charge in [-0.25, -0.2) is 13.6 Å². The van der Waals surface area contributed by atoms with Crippen molar-refractivity contribution in [3.8, 4) is 0 Å². The molecular weight excluding hydrogens is 555 g/mol. The molecule has 4 unspecified atom stereocenters. The molecule has 0 aliphatic carbocycles. The van der Waals surface area contributed by atoms with Gasteiger partial charge in [-0.3, -0.25) is 10.4 Å². The molecule has 0 bridgehead atoms. The average molecular weight is 576 g/mol. The molecule has 0 amide bonds. The third-order valence-electron chi connectivity index (χ3n) is 6.33. The first-order valence-corrected chi connectivity index (χ1v) is 12.7. The first kappa shape index (κ1) is 26.4. The van der Waals surface area contributed by atoms with Crippen LogP contribution in [0.4, 0.5) is 8.78 Å². The minimum Gasteiger partial charge on any atom is -0.478 e.